The van der Waals surface area contributed by atoms with Gasteiger partial charge in [-0.1, -0.05) is 30.3 Å². The Balaban J connectivity index is 0.00000192. The third kappa shape index (κ3) is 3.26. The van der Waals surface area contributed by atoms with Gasteiger partial charge in [0.05, 0.1) is 5.52 Å². The molecule has 0 amide bonds. The number of hydrogen-bond donors (Lipinski definition) is 2. The van der Waals surface area contributed by atoms with Crippen molar-refractivity contribution < 1.29 is 15.4 Å². The Hall–Kier alpha value is -2.63. The van der Waals surface area contributed by atoms with E-state index in [9.17, 15) is 4.79 Å². The van der Waals surface area contributed by atoms with Crippen molar-refractivity contribution in [2.45, 2.75) is 18.9 Å². The van der Waals surface area contributed by atoms with Crippen molar-refractivity contribution in [2.24, 2.45) is 5.73 Å². The van der Waals surface area contributed by atoms with Crippen molar-refractivity contribution in [1.29, 1.82) is 0 Å². The van der Waals surface area contributed by atoms with E-state index in [0.717, 1.165) is 16.8 Å². The van der Waals surface area contributed by atoms with Gasteiger partial charge < -0.3 is 20.9 Å². The number of rotatable bonds is 4. The fourth-order valence-corrected chi connectivity index (χ4v) is 2.58. The number of nitrogens with zero attached hydrogens (tertiary/aromatic N) is 1. The van der Waals surface area contributed by atoms with E-state index in [-0.39, 0.29) is 5.48 Å². The summed E-state index contributed by atoms with van der Waals surface area (Å²) in [6, 6.07) is 18.1. The van der Waals surface area contributed by atoms with Crippen molar-refractivity contribution in [3.8, 4) is 5.69 Å². The fraction of sp³-hybridized carbons (Fsp3) is 0.167. The zero-order valence-electron chi connectivity index (χ0n) is 12.9. The van der Waals surface area contributed by atoms with Gasteiger partial charge in [-0.25, -0.2) is 0 Å². The molecule has 120 valence electrons. The first-order valence-corrected chi connectivity index (χ1v) is 7.15. The highest BCUT2D eigenvalue weighted by molar-refractivity contribution is 5.82. The van der Waals surface area contributed by atoms with Gasteiger partial charge in [-0.05, 0) is 42.1 Å². The molecule has 0 unspecified atom stereocenters. The number of hydrogen-bond acceptors (Lipinski definition) is 2. The summed E-state index contributed by atoms with van der Waals surface area (Å²) in [5.74, 6) is -0.993. The number of carboxylic acid groups (broad SMARTS) is 1. The summed E-state index contributed by atoms with van der Waals surface area (Å²) in [5.41, 5.74) is 7.64. The number of fused-ring (bicyclic) bond motifs is 1. The highest BCUT2D eigenvalue weighted by Gasteiger charge is 2.27. The summed E-state index contributed by atoms with van der Waals surface area (Å²) in [7, 11) is 0. The van der Waals surface area contributed by atoms with Crippen LogP contribution in [-0.4, -0.2) is 26.7 Å². The van der Waals surface area contributed by atoms with Crippen molar-refractivity contribution >= 4 is 16.9 Å². The molecule has 0 aliphatic rings. The third-order valence-corrected chi connectivity index (χ3v) is 3.87. The lowest BCUT2D eigenvalue weighted by Gasteiger charge is -2.19. The molecule has 1 heterocycles. The van der Waals surface area contributed by atoms with Crippen LogP contribution in [0.3, 0.4) is 0 Å². The number of para-hydroxylation sites is 1. The number of aliphatic carboxylic acids is 1. The van der Waals surface area contributed by atoms with E-state index >= 15 is 0 Å². The summed E-state index contributed by atoms with van der Waals surface area (Å²) < 4.78 is 2.11. The predicted molar refractivity (Wildman–Crippen MR) is 90.8 cm³/mol. The van der Waals surface area contributed by atoms with E-state index in [4.69, 9.17) is 10.8 Å². The molecule has 0 spiro atoms. The lowest BCUT2D eigenvalue weighted by atomic mass is 9.94. The van der Waals surface area contributed by atoms with Crippen LogP contribution in [0.25, 0.3) is 16.6 Å². The molecule has 3 rings (SSSR count). The average Bonchev–Trinajstić information content (AvgIpc) is 2.91. The zero-order valence-corrected chi connectivity index (χ0v) is 12.9. The number of carbonyl (C=O) groups is 1. The molecule has 0 aliphatic heterocycles. The van der Waals surface area contributed by atoms with Crippen molar-refractivity contribution in [1.82, 2.24) is 4.57 Å². The van der Waals surface area contributed by atoms with Crippen LogP contribution in [0.15, 0.2) is 60.8 Å². The first-order chi connectivity index (χ1) is 10.5. The molecule has 23 heavy (non-hydrogen) atoms. The number of carboxylic acids is 1. The summed E-state index contributed by atoms with van der Waals surface area (Å²) in [5, 5.41) is 10.3. The Kier molecular flexibility index (Phi) is 4.54. The van der Waals surface area contributed by atoms with Gasteiger partial charge in [0.2, 0.25) is 0 Å². The highest BCUT2D eigenvalue weighted by atomic mass is 16.4. The van der Waals surface area contributed by atoms with E-state index in [1.807, 2.05) is 42.6 Å². The second-order valence-corrected chi connectivity index (χ2v) is 5.81. The van der Waals surface area contributed by atoms with Crippen LogP contribution in [-0.2, 0) is 11.2 Å². The van der Waals surface area contributed by atoms with E-state index < -0.39 is 11.5 Å². The molecule has 0 saturated heterocycles. The minimum absolute atomic E-state index is 0. The Morgan fingerprint density at radius 3 is 2.43 bits per heavy atom. The minimum Gasteiger partial charge on any atom is -0.480 e. The molecule has 1 atom stereocenters. The number of benzene rings is 2. The molecule has 0 radical (unpaired) electrons. The van der Waals surface area contributed by atoms with E-state index in [2.05, 4.69) is 22.8 Å². The lowest BCUT2D eigenvalue weighted by Crippen LogP contribution is -2.46. The molecule has 3 aromatic rings. The maximum absolute atomic E-state index is 11.1. The standard InChI is InChI=1S/C18H18N2O2.H2O/c1-18(19,17(21)22)12-13-6-8-15(9-7-13)20-11-10-14-4-2-3-5-16(14)20;/h2-11H,12,19H2,1H3,(H,21,22);1H2/t18-;/m0./s1. The molecule has 5 N–H and O–H groups in total. The molecule has 1 aromatic heterocycles. The van der Waals surface area contributed by atoms with Crippen LogP contribution >= 0.6 is 0 Å². The Morgan fingerprint density at radius 2 is 1.78 bits per heavy atom. The first kappa shape index (κ1) is 16.7. The Labute approximate surface area is 134 Å². The van der Waals surface area contributed by atoms with E-state index in [1.165, 1.54) is 12.3 Å². The summed E-state index contributed by atoms with van der Waals surface area (Å²) in [4.78, 5) is 11.1. The van der Waals surface area contributed by atoms with Crippen LogP contribution in [0.2, 0.25) is 0 Å². The first-order valence-electron chi connectivity index (χ1n) is 7.15. The normalized spacial score (nSPS) is 13.3. The monoisotopic (exact) mass is 312 g/mol. The molecule has 2 aromatic carbocycles. The molecule has 0 saturated carbocycles. The Bertz CT molecular complexity index is 820. The lowest BCUT2D eigenvalue weighted by molar-refractivity contribution is -0.142. The highest BCUT2D eigenvalue weighted by Crippen LogP contribution is 2.21. The van der Waals surface area contributed by atoms with Gasteiger partial charge in [0, 0.05) is 18.3 Å². The summed E-state index contributed by atoms with van der Waals surface area (Å²) in [6.07, 6.45) is 2.33. The maximum atomic E-state index is 11.1. The second kappa shape index (κ2) is 6.24. The van der Waals surface area contributed by atoms with Crippen LogP contribution in [0.5, 0.6) is 0 Å². The van der Waals surface area contributed by atoms with Crippen LogP contribution in [0.1, 0.15) is 12.5 Å². The largest absolute Gasteiger partial charge is 0.480 e. The number of aromatic nitrogens is 1. The summed E-state index contributed by atoms with van der Waals surface area (Å²) >= 11 is 0. The van der Waals surface area contributed by atoms with Gasteiger partial charge >= 0.3 is 5.97 Å². The minimum atomic E-state index is -1.25. The average molecular weight is 312 g/mol. The van der Waals surface area contributed by atoms with Gasteiger partial charge in [-0.15, -0.1) is 0 Å². The van der Waals surface area contributed by atoms with Crippen LogP contribution in [0.4, 0.5) is 0 Å². The van der Waals surface area contributed by atoms with Gasteiger partial charge in [-0.2, -0.15) is 0 Å². The predicted octanol–water partition coefficient (Wildman–Crippen LogP) is 2.15. The fourth-order valence-electron chi connectivity index (χ4n) is 2.58. The molecular formula is C18H20N2O3. The van der Waals surface area contributed by atoms with Crippen molar-refractivity contribution in [2.75, 3.05) is 0 Å². The molecule has 5 heteroatoms. The molecular weight excluding hydrogens is 292 g/mol. The van der Waals surface area contributed by atoms with E-state index in [1.54, 1.807) is 0 Å². The zero-order chi connectivity index (χ0) is 15.7. The van der Waals surface area contributed by atoms with Gasteiger partial charge in [0.15, 0.2) is 0 Å². The Morgan fingerprint density at radius 1 is 1.13 bits per heavy atom. The molecule has 0 bridgehead atoms. The SMILES string of the molecule is C[C@](N)(Cc1ccc(-n2ccc3ccccc32)cc1)C(=O)O.O. The number of nitrogens with two attached hydrogens (primary N) is 1. The van der Waals surface area contributed by atoms with Gasteiger partial charge in [0.1, 0.15) is 5.54 Å². The van der Waals surface area contributed by atoms with Crippen molar-refractivity contribution in [3.63, 3.8) is 0 Å². The van der Waals surface area contributed by atoms with Crippen LogP contribution < -0.4 is 5.73 Å². The van der Waals surface area contributed by atoms with Gasteiger partial charge in [-0.3, -0.25) is 4.79 Å². The quantitative estimate of drug-likeness (QED) is 0.772. The maximum Gasteiger partial charge on any atom is 0.323 e. The molecule has 0 aliphatic carbocycles. The smallest absolute Gasteiger partial charge is 0.323 e. The van der Waals surface area contributed by atoms with Crippen LogP contribution in [0, 0.1) is 0 Å². The summed E-state index contributed by atoms with van der Waals surface area (Å²) in [6.45, 7) is 1.53. The topological polar surface area (TPSA) is 99.8 Å². The second-order valence-electron chi connectivity index (χ2n) is 5.81. The third-order valence-electron chi connectivity index (χ3n) is 3.87. The van der Waals surface area contributed by atoms with Gasteiger partial charge in [0.25, 0.3) is 0 Å². The van der Waals surface area contributed by atoms with Crippen molar-refractivity contribution in [3.05, 3.63) is 66.4 Å². The molecule has 0 fully saturated rings. The van der Waals surface area contributed by atoms with E-state index in [0.29, 0.717) is 6.42 Å². The molecule has 5 nitrogen and oxygen atoms in total.